The number of carbonyl (C=O) groups excluding carboxylic acids is 2. The van der Waals surface area contributed by atoms with E-state index in [-0.39, 0.29) is 52.7 Å². The summed E-state index contributed by atoms with van der Waals surface area (Å²) in [6.07, 6.45) is -0.102. The number of aromatic nitrogens is 2. The first kappa shape index (κ1) is 30.5. The molecule has 45 heavy (non-hydrogen) atoms. The number of aliphatic carboxylic acids is 1. The second-order valence-electron chi connectivity index (χ2n) is 13.8. The van der Waals surface area contributed by atoms with Crippen molar-refractivity contribution in [1.82, 2.24) is 14.7 Å². The van der Waals surface area contributed by atoms with Gasteiger partial charge in [0.1, 0.15) is 0 Å². The lowest BCUT2D eigenvalue weighted by Gasteiger charge is -2.38. The number of rotatable bonds is 5. The second-order valence-corrected chi connectivity index (χ2v) is 14.2. The summed E-state index contributed by atoms with van der Waals surface area (Å²) in [4.78, 5) is 41.8. The van der Waals surface area contributed by atoms with Gasteiger partial charge in [-0.3, -0.25) is 14.4 Å². The van der Waals surface area contributed by atoms with Gasteiger partial charge in [0.15, 0.2) is 0 Å². The van der Waals surface area contributed by atoms with Crippen LogP contribution in [0.15, 0.2) is 24.3 Å². The molecular weight excluding hydrogens is 611 g/mol. The number of halogens is 4. The van der Waals surface area contributed by atoms with Crippen molar-refractivity contribution in [2.24, 2.45) is 23.2 Å². The van der Waals surface area contributed by atoms with Crippen molar-refractivity contribution in [2.45, 2.75) is 69.9 Å². The van der Waals surface area contributed by atoms with Gasteiger partial charge in [-0.2, -0.15) is 23.0 Å². The van der Waals surface area contributed by atoms with Gasteiger partial charge in [0, 0.05) is 36.4 Å². The molecule has 1 N–H and O–H groups in total. The Hall–Kier alpha value is -3.18. The van der Waals surface area contributed by atoms with Crippen LogP contribution < -0.4 is 0 Å². The Balaban J connectivity index is 1.28. The number of hydrogen-bond donors (Lipinski definition) is 1. The van der Waals surface area contributed by atoms with Crippen LogP contribution >= 0.6 is 11.6 Å². The van der Waals surface area contributed by atoms with Crippen molar-refractivity contribution in [3.63, 3.8) is 0 Å². The first-order chi connectivity index (χ1) is 21.3. The van der Waals surface area contributed by atoms with Gasteiger partial charge < -0.3 is 14.7 Å². The van der Waals surface area contributed by atoms with Gasteiger partial charge in [-0.25, -0.2) is 0 Å². The van der Waals surface area contributed by atoms with E-state index in [2.05, 4.69) is 0 Å². The maximum absolute atomic E-state index is 14.4. The minimum Gasteiger partial charge on any atom is -0.481 e. The zero-order valence-corrected chi connectivity index (χ0v) is 25.7. The van der Waals surface area contributed by atoms with Crippen LogP contribution in [0.2, 0.25) is 5.02 Å². The van der Waals surface area contributed by atoms with Crippen molar-refractivity contribution < 1.29 is 37.4 Å². The lowest BCUT2D eigenvalue weighted by molar-refractivity contribution is -0.160. The fourth-order valence-corrected chi connectivity index (χ4v) is 8.20. The molecule has 12 heteroatoms. The number of amides is 1. The Bertz CT molecular complexity index is 1620. The van der Waals surface area contributed by atoms with E-state index in [1.807, 2.05) is 17.9 Å². The third kappa shape index (κ3) is 4.92. The molecule has 2 aliphatic heterocycles. The highest BCUT2D eigenvalue weighted by Gasteiger charge is 2.65. The summed E-state index contributed by atoms with van der Waals surface area (Å²) < 4.78 is 49.5. The van der Waals surface area contributed by atoms with E-state index in [9.17, 15) is 32.7 Å². The maximum Gasteiger partial charge on any atom is 0.398 e. The summed E-state index contributed by atoms with van der Waals surface area (Å²) in [5, 5.41) is 14.3. The molecule has 7 rings (SSSR count). The molecule has 8 nitrogen and oxygen atoms in total. The number of allylic oxidation sites excluding steroid dienone is 2. The topological polar surface area (TPSA) is 102 Å². The zero-order valence-electron chi connectivity index (χ0n) is 25.0. The molecule has 1 aromatic carbocycles. The molecule has 1 aromatic heterocycles. The van der Waals surface area contributed by atoms with Gasteiger partial charge in [0.05, 0.1) is 46.5 Å². The quantitative estimate of drug-likeness (QED) is 0.449. The average molecular weight is 646 g/mol. The third-order valence-corrected chi connectivity index (χ3v) is 11.2. The van der Waals surface area contributed by atoms with Crippen molar-refractivity contribution in [2.75, 3.05) is 26.3 Å². The zero-order chi connectivity index (χ0) is 31.9. The van der Waals surface area contributed by atoms with Crippen molar-refractivity contribution in [3.05, 3.63) is 57.4 Å². The molecule has 0 bridgehead atoms. The van der Waals surface area contributed by atoms with E-state index >= 15 is 0 Å². The van der Waals surface area contributed by atoms with Gasteiger partial charge in [-0.15, -0.1) is 0 Å². The summed E-state index contributed by atoms with van der Waals surface area (Å²) in [7, 11) is 0. The molecular formula is C33H35ClF3N3O5. The Morgan fingerprint density at radius 1 is 1.13 bits per heavy atom. The highest BCUT2D eigenvalue weighted by Crippen LogP contribution is 2.60. The summed E-state index contributed by atoms with van der Waals surface area (Å²) in [5.74, 6) is -2.73. The van der Waals surface area contributed by atoms with Gasteiger partial charge in [0.25, 0.3) is 5.91 Å². The molecule has 1 saturated carbocycles. The average Bonchev–Trinajstić information content (AvgIpc) is 3.53. The SMILES string of the molecule is C[C@H]1CC(c2nn(C(=O)c3c(Cl)cccc3C3(C(F)(F)F)CC3)c3c2CCC(C(=O)N2CCC4(COC4)C2)C3)=CC[C@H]1C(=O)O. The lowest BCUT2D eigenvalue weighted by Crippen LogP contribution is -2.46. The van der Waals surface area contributed by atoms with Gasteiger partial charge in [-0.1, -0.05) is 36.7 Å². The summed E-state index contributed by atoms with van der Waals surface area (Å²) in [5.41, 5.74) is 0.180. The molecule has 1 amide bonds. The second kappa shape index (κ2) is 10.7. The number of nitrogens with zero attached hydrogens (tertiary/aromatic N) is 3. The van der Waals surface area contributed by atoms with Gasteiger partial charge in [0.2, 0.25) is 5.91 Å². The van der Waals surface area contributed by atoms with E-state index in [4.69, 9.17) is 21.4 Å². The van der Waals surface area contributed by atoms with Gasteiger partial charge >= 0.3 is 12.1 Å². The number of benzene rings is 1. The first-order valence-electron chi connectivity index (χ1n) is 15.6. The van der Waals surface area contributed by atoms with E-state index in [1.165, 1.54) is 22.9 Å². The highest BCUT2D eigenvalue weighted by molar-refractivity contribution is 6.34. The maximum atomic E-state index is 14.4. The fraction of sp³-hybridized carbons (Fsp3) is 0.576. The van der Waals surface area contributed by atoms with Crippen LogP contribution in [0.1, 0.15) is 78.3 Å². The monoisotopic (exact) mass is 645 g/mol. The Kier molecular flexibility index (Phi) is 7.24. The minimum atomic E-state index is -4.55. The number of ether oxygens (including phenoxy) is 1. The molecule has 2 aromatic rings. The Morgan fingerprint density at radius 3 is 2.49 bits per heavy atom. The number of likely N-dealkylation sites (tertiary alicyclic amines) is 1. The predicted molar refractivity (Wildman–Crippen MR) is 158 cm³/mol. The summed E-state index contributed by atoms with van der Waals surface area (Å²) in [6.45, 7) is 4.44. The summed E-state index contributed by atoms with van der Waals surface area (Å²) in [6, 6.07) is 4.17. The third-order valence-electron chi connectivity index (χ3n) is 10.9. The van der Waals surface area contributed by atoms with Crippen LogP contribution in [0.25, 0.3) is 5.57 Å². The standard InChI is InChI=1S/C33H35ClF3N3O5/c1-18-13-19(5-7-21(18)30(43)44)27-22-8-6-20(28(41)39-12-11-31(15-39)16-45-17-31)14-25(22)40(38-27)29(42)26-23(3-2-4-24(26)34)32(9-10-32)33(35,36)37/h2-5,18,20-21H,6-17H2,1H3,(H,43,44)/t18-,20?,21+/m0/s1. The van der Waals surface area contributed by atoms with Crippen molar-refractivity contribution >= 4 is 35.0 Å². The molecule has 1 unspecified atom stereocenters. The number of hydrogen-bond acceptors (Lipinski definition) is 5. The summed E-state index contributed by atoms with van der Waals surface area (Å²) >= 11 is 6.51. The minimum absolute atomic E-state index is 0.00779. The molecule has 3 heterocycles. The number of carboxylic acids is 1. The molecule has 2 saturated heterocycles. The number of carbonyl (C=O) groups is 3. The van der Waals surface area contributed by atoms with E-state index in [1.54, 1.807) is 0 Å². The largest absolute Gasteiger partial charge is 0.481 e. The number of alkyl halides is 3. The smallest absolute Gasteiger partial charge is 0.398 e. The molecule has 3 atom stereocenters. The van der Waals surface area contributed by atoms with Crippen LogP contribution in [0.3, 0.4) is 0 Å². The van der Waals surface area contributed by atoms with Crippen LogP contribution in [-0.4, -0.2) is 70.1 Å². The fourth-order valence-electron chi connectivity index (χ4n) is 7.94. The van der Waals surface area contributed by atoms with Crippen molar-refractivity contribution in [1.29, 1.82) is 0 Å². The van der Waals surface area contributed by atoms with Crippen LogP contribution in [0.5, 0.6) is 0 Å². The highest BCUT2D eigenvalue weighted by atomic mass is 35.5. The first-order valence-corrected chi connectivity index (χ1v) is 16.0. The molecule has 1 spiro atoms. The van der Waals surface area contributed by atoms with Crippen molar-refractivity contribution in [3.8, 4) is 0 Å². The molecule has 5 aliphatic rings. The lowest BCUT2D eigenvalue weighted by atomic mass is 9.78. The Morgan fingerprint density at radius 2 is 1.89 bits per heavy atom. The van der Waals surface area contributed by atoms with Crippen LogP contribution in [0.4, 0.5) is 13.2 Å². The molecule has 3 aliphatic carbocycles. The van der Waals surface area contributed by atoms with Crippen LogP contribution in [-0.2, 0) is 32.6 Å². The van der Waals surface area contributed by atoms with E-state index in [0.717, 1.165) is 17.6 Å². The van der Waals surface area contributed by atoms with Gasteiger partial charge in [-0.05, 0) is 68.1 Å². The normalized spacial score (nSPS) is 26.6. The number of fused-ring (bicyclic) bond motifs is 1. The molecule has 0 radical (unpaired) electrons. The predicted octanol–water partition coefficient (Wildman–Crippen LogP) is 5.69. The molecule has 240 valence electrons. The van der Waals surface area contributed by atoms with Crippen LogP contribution in [0, 0.1) is 23.2 Å². The Labute approximate surface area is 263 Å². The van der Waals surface area contributed by atoms with E-state index < -0.39 is 35.3 Å². The van der Waals surface area contributed by atoms with E-state index in [0.29, 0.717) is 63.4 Å². The molecule has 3 fully saturated rings. The number of carboxylic acid groups (broad SMARTS) is 1.